The van der Waals surface area contributed by atoms with E-state index in [0.717, 1.165) is 5.46 Å². The number of aryl methyl sites for hydroxylation is 1. The maximum Gasteiger partial charge on any atom is 0.498 e. The van der Waals surface area contributed by atoms with E-state index in [1.165, 1.54) is 0 Å². The lowest BCUT2D eigenvalue weighted by Crippen LogP contribution is -2.41. The SMILES string of the molecule is Cc1oc(C#N)cc1B1OC(C)(C)C(C)(C)O1. The van der Waals surface area contributed by atoms with Crippen LogP contribution in [-0.2, 0) is 9.31 Å². The van der Waals surface area contributed by atoms with Gasteiger partial charge in [0.2, 0.25) is 5.76 Å². The van der Waals surface area contributed by atoms with Crippen LogP contribution in [-0.4, -0.2) is 18.3 Å². The molecule has 0 N–H and O–H groups in total. The molecule has 90 valence electrons. The van der Waals surface area contributed by atoms with Gasteiger partial charge in [-0.25, -0.2) is 0 Å². The summed E-state index contributed by atoms with van der Waals surface area (Å²) in [5.74, 6) is 0.951. The number of nitriles is 1. The average Bonchev–Trinajstić information content (AvgIpc) is 2.66. The third-order valence-corrected chi connectivity index (χ3v) is 3.57. The van der Waals surface area contributed by atoms with E-state index in [2.05, 4.69) is 0 Å². The molecule has 0 radical (unpaired) electrons. The summed E-state index contributed by atoms with van der Waals surface area (Å²) in [5.41, 5.74) is 0.0303. The van der Waals surface area contributed by atoms with Crippen molar-refractivity contribution >= 4 is 12.6 Å². The predicted octanol–water partition coefficient (Wildman–Crippen LogP) is 1.76. The molecule has 0 atom stereocenters. The van der Waals surface area contributed by atoms with Gasteiger partial charge in [0, 0.05) is 5.46 Å². The Kier molecular flexibility index (Phi) is 2.60. The van der Waals surface area contributed by atoms with Crippen molar-refractivity contribution in [2.45, 2.75) is 45.8 Å². The zero-order chi connectivity index (χ0) is 12.8. The van der Waals surface area contributed by atoms with Gasteiger partial charge in [-0.3, -0.25) is 0 Å². The van der Waals surface area contributed by atoms with Crippen molar-refractivity contribution in [2.75, 3.05) is 0 Å². The van der Waals surface area contributed by atoms with Crippen LogP contribution in [0.1, 0.15) is 39.2 Å². The minimum atomic E-state index is -0.467. The molecule has 1 aliphatic rings. The van der Waals surface area contributed by atoms with Crippen molar-refractivity contribution in [2.24, 2.45) is 0 Å². The first-order valence-electron chi connectivity index (χ1n) is 5.63. The molecule has 5 heteroatoms. The minimum Gasteiger partial charge on any atom is -0.451 e. The molecule has 0 unspecified atom stereocenters. The Bertz CT molecular complexity index is 468. The summed E-state index contributed by atoms with van der Waals surface area (Å²) < 4.78 is 17.1. The monoisotopic (exact) mass is 233 g/mol. The summed E-state index contributed by atoms with van der Waals surface area (Å²) in [6, 6.07) is 3.65. The number of hydrogen-bond donors (Lipinski definition) is 0. The number of hydrogen-bond acceptors (Lipinski definition) is 4. The molecule has 0 aromatic carbocycles. The van der Waals surface area contributed by atoms with E-state index in [0.29, 0.717) is 5.76 Å². The van der Waals surface area contributed by atoms with Crippen LogP contribution >= 0.6 is 0 Å². The number of rotatable bonds is 1. The molecule has 0 bridgehead atoms. The highest BCUT2D eigenvalue weighted by Crippen LogP contribution is 2.36. The van der Waals surface area contributed by atoms with E-state index >= 15 is 0 Å². The number of furan rings is 1. The maximum absolute atomic E-state index is 8.80. The summed E-state index contributed by atoms with van der Waals surface area (Å²) in [4.78, 5) is 0. The topological polar surface area (TPSA) is 55.4 Å². The summed E-state index contributed by atoms with van der Waals surface area (Å²) in [7, 11) is -0.467. The Morgan fingerprint density at radius 3 is 2.12 bits per heavy atom. The fourth-order valence-electron chi connectivity index (χ4n) is 1.76. The van der Waals surface area contributed by atoms with Gasteiger partial charge in [-0.15, -0.1) is 0 Å². The third kappa shape index (κ3) is 1.88. The molecular formula is C12H16BNO3. The van der Waals surface area contributed by atoms with Crippen molar-refractivity contribution in [3.05, 3.63) is 17.6 Å². The molecular weight excluding hydrogens is 217 g/mol. The van der Waals surface area contributed by atoms with Crippen molar-refractivity contribution < 1.29 is 13.7 Å². The van der Waals surface area contributed by atoms with Crippen molar-refractivity contribution in [3.8, 4) is 6.07 Å². The van der Waals surface area contributed by atoms with Crippen LogP contribution in [0.3, 0.4) is 0 Å². The van der Waals surface area contributed by atoms with Crippen molar-refractivity contribution in [1.29, 1.82) is 5.26 Å². The van der Waals surface area contributed by atoms with Crippen LogP contribution in [0.5, 0.6) is 0 Å². The van der Waals surface area contributed by atoms with E-state index in [1.54, 1.807) is 13.0 Å². The second-order valence-corrected chi connectivity index (χ2v) is 5.32. The Morgan fingerprint density at radius 1 is 1.18 bits per heavy atom. The third-order valence-electron chi connectivity index (χ3n) is 3.57. The summed E-state index contributed by atoms with van der Waals surface area (Å²) in [6.07, 6.45) is 0. The Balaban J connectivity index is 2.32. The van der Waals surface area contributed by atoms with Crippen molar-refractivity contribution in [1.82, 2.24) is 0 Å². The van der Waals surface area contributed by atoms with Crippen LogP contribution in [0.4, 0.5) is 0 Å². The largest absolute Gasteiger partial charge is 0.498 e. The van der Waals surface area contributed by atoms with Gasteiger partial charge in [-0.1, -0.05) is 0 Å². The lowest BCUT2D eigenvalue weighted by Gasteiger charge is -2.32. The van der Waals surface area contributed by atoms with E-state index in [-0.39, 0.29) is 17.0 Å². The molecule has 17 heavy (non-hydrogen) atoms. The molecule has 2 rings (SSSR count). The van der Waals surface area contributed by atoms with Gasteiger partial charge in [-0.05, 0) is 40.7 Å². The molecule has 4 nitrogen and oxygen atoms in total. The highest BCUT2D eigenvalue weighted by atomic mass is 16.7. The normalized spacial score (nSPS) is 21.5. The van der Waals surface area contributed by atoms with Crippen LogP contribution < -0.4 is 5.46 Å². The predicted molar refractivity (Wildman–Crippen MR) is 63.9 cm³/mol. The second kappa shape index (κ2) is 3.62. The van der Waals surface area contributed by atoms with Gasteiger partial charge in [0.1, 0.15) is 11.8 Å². The summed E-state index contributed by atoms with van der Waals surface area (Å²) >= 11 is 0. The van der Waals surface area contributed by atoms with Crippen LogP contribution in [0, 0.1) is 18.3 Å². The molecule has 0 aliphatic carbocycles. The molecule has 0 saturated carbocycles. The van der Waals surface area contributed by atoms with Crippen molar-refractivity contribution in [3.63, 3.8) is 0 Å². The quantitative estimate of drug-likeness (QED) is 0.693. The van der Waals surface area contributed by atoms with Crippen LogP contribution in [0.2, 0.25) is 0 Å². The maximum atomic E-state index is 8.80. The van der Waals surface area contributed by atoms with Gasteiger partial charge >= 0.3 is 7.12 Å². The lowest BCUT2D eigenvalue weighted by molar-refractivity contribution is 0.00578. The van der Waals surface area contributed by atoms with Crippen LogP contribution in [0.25, 0.3) is 0 Å². The number of nitrogens with zero attached hydrogens (tertiary/aromatic N) is 1. The van der Waals surface area contributed by atoms with Gasteiger partial charge in [0.25, 0.3) is 0 Å². The van der Waals surface area contributed by atoms with Gasteiger partial charge in [0.15, 0.2) is 0 Å². The van der Waals surface area contributed by atoms with E-state index in [4.69, 9.17) is 19.0 Å². The molecule has 0 amide bonds. The molecule has 1 aromatic heterocycles. The fourth-order valence-corrected chi connectivity index (χ4v) is 1.76. The first-order chi connectivity index (χ1) is 7.77. The van der Waals surface area contributed by atoms with E-state index in [1.807, 2.05) is 33.8 Å². The second-order valence-electron chi connectivity index (χ2n) is 5.32. The van der Waals surface area contributed by atoms with Gasteiger partial charge in [0.05, 0.1) is 11.2 Å². The first kappa shape index (κ1) is 12.2. The summed E-state index contributed by atoms with van der Waals surface area (Å²) in [5, 5.41) is 8.80. The molecule has 0 spiro atoms. The zero-order valence-electron chi connectivity index (χ0n) is 10.8. The van der Waals surface area contributed by atoms with Gasteiger partial charge < -0.3 is 13.7 Å². The smallest absolute Gasteiger partial charge is 0.451 e. The molecule has 1 aromatic rings. The molecule has 1 fully saturated rings. The Morgan fingerprint density at radius 2 is 1.71 bits per heavy atom. The van der Waals surface area contributed by atoms with E-state index in [9.17, 15) is 0 Å². The highest BCUT2D eigenvalue weighted by Gasteiger charge is 2.52. The average molecular weight is 233 g/mol. The zero-order valence-corrected chi connectivity index (χ0v) is 10.8. The lowest BCUT2D eigenvalue weighted by atomic mass is 9.79. The van der Waals surface area contributed by atoms with Gasteiger partial charge in [-0.2, -0.15) is 5.26 Å². The molecule has 2 heterocycles. The van der Waals surface area contributed by atoms with E-state index < -0.39 is 7.12 Å². The fraction of sp³-hybridized carbons (Fsp3) is 0.583. The Labute approximate surface area is 102 Å². The Hall–Kier alpha value is -1.25. The minimum absolute atomic E-state index is 0.284. The highest BCUT2D eigenvalue weighted by molar-refractivity contribution is 6.62. The standard InChI is InChI=1S/C12H16BNO3/c1-8-10(6-9(7-14)15-8)13-16-11(2,3)12(4,5)17-13/h6H,1-5H3. The summed E-state index contributed by atoms with van der Waals surface area (Å²) in [6.45, 7) is 9.78. The molecule has 1 saturated heterocycles. The van der Waals surface area contributed by atoms with Crippen LogP contribution in [0.15, 0.2) is 10.5 Å². The molecule has 1 aliphatic heterocycles. The first-order valence-corrected chi connectivity index (χ1v) is 5.63.